The van der Waals surface area contributed by atoms with Crippen molar-refractivity contribution in [2.24, 2.45) is 0 Å². The molecule has 1 rings (SSSR count). The molecule has 0 saturated heterocycles. The Morgan fingerprint density at radius 3 is 2.44 bits per heavy atom. The Labute approximate surface area is 167 Å². The van der Waals surface area contributed by atoms with E-state index in [9.17, 15) is 5.11 Å². The number of rotatable bonds is 11. The van der Waals surface area contributed by atoms with Crippen molar-refractivity contribution >= 4 is 46.4 Å². The maximum Gasteiger partial charge on any atom is 0.156 e. The summed E-state index contributed by atoms with van der Waals surface area (Å²) in [4.78, 5) is 5.08. The molecule has 0 aromatic heterocycles. The van der Waals surface area contributed by atoms with Crippen LogP contribution in [0.3, 0.4) is 0 Å². The molecule has 0 unspecified atom stereocenters. The molecule has 5 nitrogen and oxygen atoms in total. The molecule has 0 saturated carbocycles. The van der Waals surface area contributed by atoms with Gasteiger partial charge < -0.3 is 14.6 Å². The highest BCUT2D eigenvalue weighted by atomic mass is 35.5. The highest BCUT2D eigenvalue weighted by Crippen LogP contribution is 2.36. The summed E-state index contributed by atoms with van der Waals surface area (Å²) < 4.78 is 11.1. The summed E-state index contributed by atoms with van der Waals surface area (Å²) in [6.45, 7) is 2.99. The molecule has 0 aliphatic carbocycles. The lowest BCUT2D eigenvalue weighted by molar-refractivity contribution is 0.0819. The van der Waals surface area contributed by atoms with E-state index in [4.69, 9.17) is 60.7 Å². The molecule has 0 heterocycles. The molecule has 0 spiro atoms. The fourth-order valence-electron chi connectivity index (χ4n) is 1.61. The second-order valence-electron chi connectivity index (χ2n) is 4.87. The Morgan fingerprint density at radius 2 is 1.80 bits per heavy atom. The Kier molecular flexibility index (Phi) is 10.9. The van der Waals surface area contributed by atoms with Gasteiger partial charge in [0.1, 0.15) is 16.5 Å². The van der Waals surface area contributed by atoms with Crippen molar-refractivity contribution < 1.29 is 19.4 Å². The molecule has 140 valence electrons. The molecule has 9 heteroatoms. The third-order valence-electron chi connectivity index (χ3n) is 2.70. The monoisotopic (exact) mass is 429 g/mol. The zero-order valence-corrected chi connectivity index (χ0v) is 16.6. The topological polar surface area (TPSA) is 60.0 Å². The first kappa shape index (κ1) is 22.1. The van der Waals surface area contributed by atoms with Crippen LogP contribution in [0.25, 0.3) is 0 Å². The zero-order chi connectivity index (χ0) is 18.7. The van der Waals surface area contributed by atoms with Crippen LogP contribution >= 0.6 is 46.4 Å². The van der Waals surface area contributed by atoms with Crippen LogP contribution in [0.2, 0.25) is 10.0 Å². The van der Waals surface area contributed by atoms with Crippen LogP contribution in [0.4, 0.5) is 0 Å². The average Bonchev–Trinajstić information content (AvgIpc) is 2.52. The van der Waals surface area contributed by atoms with Gasteiger partial charge in [-0.1, -0.05) is 46.4 Å². The highest BCUT2D eigenvalue weighted by molar-refractivity contribution is 6.55. The second kappa shape index (κ2) is 12.4. The molecular formula is C16H19Cl4NO4. The molecule has 0 aliphatic rings. The van der Waals surface area contributed by atoms with E-state index in [1.165, 1.54) is 18.2 Å². The third kappa shape index (κ3) is 9.92. The summed E-state index contributed by atoms with van der Waals surface area (Å²) in [7, 11) is 0. The van der Waals surface area contributed by atoms with Crippen LogP contribution < -0.4 is 10.2 Å². The van der Waals surface area contributed by atoms with Crippen LogP contribution in [0.5, 0.6) is 11.5 Å². The lowest BCUT2D eigenvalue weighted by atomic mass is 10.3. The molecule has 1 aromatic rings. The van der Waals surface area contributed by atoms with Gasteiger partial charge in [-0.25, -0.2) is 0 Å². The Hall–Kier alpha value is -0.980. The van der Waals surface area contributed by atoms with Crippen molar-refractivity contribution in [3.8, 4) is 11.5 Å². The first-order chi connectivity index (χ1) is 11.9. The number of hydrogen-bond donors (Lipinski definition) is 2. The standard InChI is InChI=1S/C16H19Cl4NO4/c1-11(21-25-7-4-15(19)20)10-23-5-2-3-6-24-16-13(17)8-12(22)9-14(16)18/h4,8-10,21-22H,2-3,5-7H2,1H3. The summed E-state index contributed by atoms with van der Waals surface area (Å²) in [5.74, 6) is 0.363. The molecular weight excluding hydrogens is 412 g/mol. The Balaban J connectivity index is 2.14. The number of aromatic hydroxyl groups is 1. The van der Waals surface area contributed by atoms with E-state index in [0.29, 0.717) is 24.7 Å². The number of hydrogen-bond acceptors (Lipinski definition) is 5. The first-order valence-electron chi connectivity index (χ1n) is 7.38. The number of allylic oxidation sites excluding steroid dienone is 1. The summed E-state index contributed by atoms with van der Waals surface area (Å²) >= 11 is 22.8. The molecule has 0 aliphatic heterocycles. The fraction of sp³-hybridized carbons (Fsp3) is 0.375. The molecule has 0 atom stereocenters. The van der Waals surface area contributed by atoms with Gasteiger partial charge in [-0.05, 0) is 25.8 Å². The largest absolute Gasteiger partial charge is 0.508 e. The zero-order valence-electron chi connectivity index (χ0n) is 13.5. The predicted octanol–water partition coefficient (Wildman–Crippen LogP) is 5.58. The van der Waals surface area contributed by atoms with Crippen molar-refractivity contribution in [1.82, 2.24) is 5.48 Å². The van der Waals surface area contributed by atoms with Gasteiger partial charge in [0.25, 0.3) is 0 Å². The van der Waals surface area contributed by atoms with Crippen molar-refractivity contribution in [1.29, 1.82) is 0 Å². The van der Waals surface area contributed by atoms with E-state index in [2.05, 4.69) is 5.48 Å². The number of unbranched alkanes of at least 4 members (excludes halogenated alkanes) is 1. The van der Waals surface area contributed by atoms with Crippen LogP contribution in [0, 0.1) is 0 Å². The van der Waals surface area contributed by atoms with Crippen LogP contribution in [-0.2, 0) is 9.57 Å². The van der Waals surface area contributed by atoms with Gasteiger partial charge >= 0.3 is 0 Å². The molecule has 0 radical (unpaired) electrons. The number of phenols is 1. The van der Waals surface area contributed by atoms with Gasteiger partial charge in [0.2, 0.25) is 0 Å². The van der Waals surface area contributed by atoms with Gasteiger partial charge in [-0.2, -0.15) is 0 Å². The quantitative estimate of drug-likeness (QED) is 0.272. The fourth-order valence-corrected chi connectivity index (χ4v) is 2.32. The summed E-state index contributed by atoms with van der Waals surface area (Å²) in [6.07, 6.45) is 4.60. The minimum Gasteiger partial charge on any atom is -0.508 e. The lowest BCUT2D eigenvalue weighted by Crippen LogP contribution is -2.12. The number of phenolic OH excluding ortho intramolecular Hbond substituents is 1. The van der Waals surface area contributed by atoms with Gasteiger partial charge in [0.05, 0.1) is 35.6 Å². The SMILES string of the molecule is CC(=COCCCCOc1c(Cl)cc(O)cc1Cl)NOCC=C(Cl)Cl. The second-order valence-corrected chi connectivity index (χ2v) is 6.69. The van der Waals surface area contributed by atoms with E-state index < -0.39 is 0 Å². The molecule has 0 amide bonds. The maximum absolute atomic E-state index is 9.35. The van der Waals surface area contributed by atoms with Crippen molar-refractivity contribution in [2.45, 2.75) is 19.8 Å². The Bertz CT molecular complexity index is 581. The van der Waals surface area contributed by atoms with E-state index in [-0.39, 0.29) is 26.9 Å². The maximum atomic E-state index is 9.35. The van der Waals surface area contributed by atoms with Gasteiger partial charge in [-0.3, -0.25) is 10.3 Å². The third-order valence-corrected chi connectivity index (χ3v) is 3.57. The van der Waals surface area contributed by atoms with Crippen LogP contribution in [-0.4, -0.2) is 24.9 Å². The summed E-state index contributed by atoms with van der Waals surface area (Å²) in [5.41, 5.74) is 3.38. The molecule has 0 fully saturated rings. The smallest absolute Gasteiger partial charge is 0.156 e. The number of halogens is 4. The predicted molar refractivity (Wildman–Crippen MR) is 101 cm³/mol. The van der Waals surface area contributed by atoms with Crippen molar-refractivity contribution in [3.63, 3.8) is 0 Å². The Morgan fingerprint density at radius 1 is 1.16 bits per heavy atom. The minimum atomic E-state index is -0.00253. The van der Waals surface area contributed by atoms with Crippen LogP contribution in [0.15, 0.2) is 34.7 Å². The molecule has 2 N–H and O–H groups in total. The van der Waals surface area contributed by atoms with Crippen molar-refractivity contribution in [3.05, 3.63) is 44.7 Å². The lowest BCUT2D eigenvalue weighted by Gasteiger charge is -2.10. The van der Waals surface area contributed by atoms with E-state index in [0.717, 1.165) is 12.8 Å². The van der Waals surface area contributed by atoms with E-state index in [1.807, 2.05) is 0 Å². The summed E-state index contributed by atoms with van der Waals surface area (Å²) in [5, 5.41) is 9.90. The minimum absolute atomic E-state index is 0.00253. The average molecular weight is 431 g/mol. The van der Waals surface area contributed by atoms with E-state index >= 15 is 0 Å². The highest BCUT2D eigenvalue weighted by Gasteiger charge is 2.09. The van der Waals surface area contributed by atoms with Gasteiger partial charge in [0, 0.05) is 12.1 Å². The van der Waals surface area contributed by atoms with Crippen LogP contribution in [0.1, 0.15) is 19.8 Å². The number of hydroxylamine groups is 1. The summed E-state index contributed by atoms with van der Waals surface area (Å²) in [6, 6.07) is 2.76. The first-order valence-corrected chi connectivity index (χ1v) is 8.89. The van der Waals surface area contributed by atoms with Crippen molar-refractivity contribution in [2.75, 3.05) is 19.8 Å². The molecule has 25 heavy (non-hydrogen) atoms. The molecule has 1 aromatic carbocycles. The van der Waals surface area contributed by atoms with Gasteiger partial charge in [0.15, 0.2) is 5.75 Å². The number of ether oxygens (including phenoxy) is 2. The normalized spacial score (nSPS) is 11.2. The number of benzene rings is 1. The number of nitrogens with one attached hydrogen (secondary N) is 1. The van der Waals surface area contributed by atoms with Gasteiger partial charge in [-0.15, -0.1) is 0 Å². The van der Waals surface area contributed by atoms with E-state index in [1.54, 1.807) is 13.2 Å². The molecule has 0 bridgehead atoms.